The van der Waals surface area contributed by atoms with Gasteiger partial charge < -0.3 is 10.5 Å². The summed E-state index contributed by atoms with van der Waals surface area (Å²) in [4.78, 5) is 11.7. The molecule has 0 aliphatic carbocycles. The second-order valence-electron chi connectivity index (χ2n) is 4.04. The van der Waals surface area contributed by atoms with Crippen LogP contribution in [0.25, 0.3) is 11.8 Å². The molecule has 96 valence electrons. The minimum Gasteiger partial charge on any atom is -0.465 e. The Hall–Kier alpha value is -2.55. The van der Waals surface area contributed by atoms with Crippen LogP contribution in [0.1, 0.15) is 21.5 Å². The molecule has 0 radical (unpaired) electrons. The van der Waals surface area contributed by atoms with Crippen molar-refractivity contribution in [1.29, 1.82) is 0 Å². The first kappa shape index (κ1) is 12.9. The van der Waals surface area contributed by atoms with Gasteiger partial charge in [0.25, 0.3) is 0 Å². The highest BCUT2D eigenvalue weighted by molar-refractivity contribution is 5.95. The maximum atomic E-state index is 11.7. The number of rotatable bonds is 3. The maximum Gasteiger partial charge on any atom is 0.338 e. The third kappa shape index (κ3) is 3.01. The van der Waals surface area contributed by atoms with Gasteiger partial charge in [-0.3, -0.25) is 0 Å². The summed E-state index contributed by atoms with van der Waals surface area (Å²) in [5.41, 5.74) is 8.82. The summed E-state index contributed by atoms with van der Waals surface area (Å²) >= 11 is 0. The normalized spacial score (nSPS) is 11.1. The average molecular weight is 253 g/mol. The van der Waals surface area contributed by atoms with E-state index in [9.17, 15) is 4.79 Å². The lowest BCUT2D eigenvalue weighted by Gasteiger charge is -2.06. The van der Waals surface area contributed by atoms with Crippen molar-refractivity contribution >= 4 is 17.7 Å². The molecule has 0 spiro atoms. The van der Waals surface area contributed by atoms with E-state index >= 15 is 0 Å². The number of carbonyl (C=O) groups excluding carboxylic acids is 1. The molecular formula is C16H15NO2. The van der Waals surface area contributed by atoms with E-state index in [0.717, 1.165) is 11.1 Å². The molecule has 2 N–H and O–H groups in total. The lowest BCUT2D eigenvalue weighted by atomic mass is 10.0. The topological polar surface area (TPSA) is 52.3 Å². The Labute approximate surface area is 112 Å². The summed E-state index contributed by atoms with van der Waals surface area (Å²) in [7, 11) is 1.36. The molecule has 3 heteroatoms. The number of benzene rings is 2. The van der Waals surface area contributed by atoms with Gasteiger partial charge in [0.15, 0.2) is 0 Å². The van der Waals surface area contributed by atoms with Crippen LogP contribution < -0.4 is 5.73 Å². The molecule has 2 aromatic rings. The van der Waals surface area contributed by atoms with Crippen molar-refractivity contribution < 1.29 is 9.53 Å². The van der Waals surface area contributed by atoms with Gasteiger partial charge in [-0.1, -0.05) is 48.5 Å². The first-order valence-corrected chi connectivity index (χ1v) is 5.92. The summed E-state index contributed by atoms with van der Waals surface area (Å²) in [5, 5.41) is 0. The van der Waals surface area contributed by atoms with E-state index in [-0.39, 0.29) is 5.97 Å². The van der Waals surface area contributed by atoms with Crippen LogP contribution in [0.15, 0.2) is 54.6 Å². The Morgan fingerprint density at radius 3 is 2.37 bits per heavy atom. The van der Waals surface area contributed by atoms with Crippen LogP contribution in [0.5, 0.6) is 0 Å². The molecule has 0 saturated carbocycles. The van der Waals surface area contributed by atoms with E-state index in [2.05, 4.69) is 0 Å². The molecule has 19 heavy (non-hydrogen) atoms. The van der Waals surface area contributed by atoms with Crippen LogP contribution in [0.4, 0.5) is 0 Å². The first-order chi connectivity index (χ1) is 9.22. The fourth-order valence-corrected chi connectivity index (χ4v) is 1.80. The second kappa shape index (κ2) is 5.87. The molecule has 0 unspecified atom stereocenters. The van der Waals surface area contributed by atoms with Crippen molar-refractivity contribution in [2.75, 3.05) is 7.11 Å². The molecule has 0 bridgehead atoms. The van der Waals surface area contributed by atoms with Crippen LogP contribution in [0.3, 0.4) is 0 Å². The number of hydrogen-bond donors (Lipinski definition) is 1. The Bertz CT molecular complexity index is 603. The van der Waals surface area contributed by atoms with Crippen molar-refractivity contribution in [3.63, 3.8) is 0 Å². The number of ether oxygens (including phenoxy) is 1. The first-order valence-electron chi connectivity index (χ1n) is 5.92. The predicted molar refractivity (Wildman–Crippen MR) is 76.3 cm³/mol. The molecule has 0 aromatic heterocycles. The van der Waals surface area contributed by atoms with Gasteiger partial charge in [0.1, 0.15) is 0 Å². The second-order valence-corrected chi connectivity index (χ2v) is 4.04. The summed E-state index contributed by atoms with van der Waals surface area (Å²) in [5.74, 6) is -0.368. The van der Waals surface area contributed by atoms with Crippen molar-refractivity contribution in [2.45, 2.75) is 0 Å². The molecule has 0 amide bonds. The van der Waals surface area contributed by atoms with Crippen LogP contribution in [0, 0.1) is 0 Å². The molecule has 0 fully saturated rings. The number of hydrogen-bond acceptors (Lipinski definition) is 3. The van der Waals surface area contributed by atoms with E-state index in [1.807, 2.05) is 42.5 Å². The summed E-state index contributed by atoms with van der Waals surface area (Å²) in [6, 6.07) is 16.8. The minimum absolute atomic E-state index is 0.368. The number of esters is 1. The average Bonchev–Trinajstić information content (AvgIpc) is 2.48. The van der Waals surface area contributed by atoms with E-state index in [4.69, 9.17) is 10.5 Å². The Morgan fingerprint density at radius 2 is 1.68 bits per heavy atom. The van der Waals surface area contributed by atoms with Crippen molar-refractivity contribution in [3.8, 4) is 0 Å². The fourth-order valence-electron chi connectivity index (χ4n) is 1.80. The molecule has 0 aliphatic rings. The molecular weight excluding hydrogens is 238 g/mol. The molecule has 0 heterocycles. The summed E-state index contributed by atoms with van der Waals surface area (Å²) in [6.45, 7) is 0. The van der Waals surface area contributed by atoms with Crippen LogP contribution in [-0.2, 0) is 4.74 Å². The van der Waals surface area contributed by atoms with E-state index < -0.39 is 0 Å². The fraction of sp³-hybridized carbons (Fsp3) is 0.0625. The van der Waals surface area contributed by atoms with Crippen LogP contribution >= 0.6 is 0 Å². The molecule has 2 rings (SSSR count). The monoisotopic (exact) mass is 253 g/mol. The Balaban J connectivity index is 2.41. The minimum atomic E-state index is -0.368. The highest BCUT2D eigenvalue weighted by Crippen LogP contribution is 2.17. The van der Waals surface area contributed by atoms with Crippen molar-refractivity contribution in [2.24, 2.45) is 5.73 Å². The highest BCUT2D eigenvalue weighted by atomic mass is 16.5. The van der Waals surface area contributed by atoms with Crippen LogP contribution in [0.2, 0.25) is 0 Å². The van der Waals surface area contributed by atoms with Crippen molar-refractivity contribution in [3.05, 3.63) is 71.3 Å². The zero-order valence-electron chi connectivity index (χ0n) is 10.7. The van der Waals surface area contributed by atoms with Gasteiger partial charge in [-0.15, -0.1) is 0 Å². The van der Waals surface area contributed by atoms with Gasteiger partial charge in [0.2, 0.25) is 0 Å². The molecule has 0 saturated heterocycles. The zero-order chi connectivity index (χ0) is 13.7. The molecule has 0 aliphatic heterocycles. The van der Waals surface area contributed by atoms with Gasteiger partial charge in [0.05, 0.1) is 12.7 Å². The highest BCUT2D eigenvalue weighted by Gasteiger charge is 2.09. The summed E-state index contributed by atoms with van der Waals surface area (Å²) < 4.78 is 4.76. The Kier molecular flexibility index (Phi) is 3.98. The van der Waals surface area contributed by atoms with E-state index in [1.54, 1.807) is 18.2 Å². The quantitative estimate of drug-likeness (QED) is 0.676. The SMILES string of the molecule is COC(=O)c1ccccc1C=C(N)c1ccccc1. The molecule has 3 nitrogen and oxygen atoms in total. The number of carbonyl (C=O) groups is 1. The van der Waals surface area contributed by atoms with Crippen molar-refractivity contribution in [1.82, 2.24) is 0 Å². The zero-order valence-corrected chi connectivity index (χ0v) is 10.7. The molecule has 0 atom stereocenters. The molecule has 2 aromatic carbocycles. The third-order valence-corrected chi connectivity index (χ3v) is 2.78. The van der Waals surface area contributed by atoms with Gasteiger partial charge in [0, 0.05) is 5.70 Å². The predicted octanol–water partition coefficient (Wildman–Crippen LogP) is 2.93. The lowest BCUT2D eigenvalue weighted by molar-refractivity contribution is 0.0600. The lowest BCUT2D eigenvalue weighted by Crippen LogP contribution is -2.04. The van der Waals surface area contributed by atoms with Gasteiger partial charge in [-0.25, -0.2) is 4.79 Å². The van der Waals surface area contributed by atoms with Gasteiger partial charge in [-0.05, 0) is 23.3 Å². The van der Waals surface area contributed by atoms with Gasteiger partial charge in [-0.2, -0.15) is 0 Å². The maximum absolute atomic E-state index is 11.7. The third-order valence-electron chi connectivity index (χ3n) is 2.78. The Morgan fingerprint density at radius 1 is 1.05 bits per heavy atom. The summed E-state index contributed by atoms with van der Waals surface area (Å²) in [6.07, 6.45) is 1.78. The van der Waals surface area contributed by atoms with E-state index in [1.165, 1.54) is 7.11 Å². The number of methoxy groups -OCH3 is 1. The van der Waals surface area contributed by atoms with Crippen LogP contribution in [-0.4, -0.2) is 13.1 Å². The standard InChI is InChI=1S/C16H15NO2/c1-19-16(18)14-10-6-5-9-13(14)11-15(17)12-7-3-2-4-8-12/h2-11H,17H2,1H3. The number of nitrogens with two attached hydrogens (primary N) is 1. The van der Waals surface area contributed by atoms with E-state index in [0.29, 0.717) is 11.3 Å². The van der Waals surface area contributed by atoms with Gasteiger partial charge >= 0.3 is 5.97 Å². The largest absolute Gasteiger partial charge is 0.465 e. The smallest absolute Gasteiger partial charge is 0.338 e.